The molecule has 0 aliphatic carbocycles. The van der Waals surface area contributed by atoms with Crippen LogP contribution in [0.25, 0.3) is 17.0 Å². The molecule has 0 bridgehead atoms. The van der Waals surface area contributed by atoms with Crippen LogP contribution in [-0.4, -0.2) is 12.4 Å². The van der Waals surface area contributed by atoms with Crippen LogP contribution in [0.3, 0.4) is 0 Å². The lowest BCUT2D eigenvalue weighted by Crippen LogP contribution is -1.92. The first-order valence-electron chi connectivity index (χ1n) is 7.31. The molecule has 3 nitrogen and oxygen atoms in total. The van der Waals surface area contributed by atoms with Crippen LogP contribution >= 0.6 is 0 Å². The van der Waals surface area contributed by atoms with Gasteiger partial charge in [0.2, 0.25) is 5.78 Å². The summed E-state index contributed by atoms with van der Waals surface area (Å²) in [5, 5.41) is 0.924. The number of ketones is 1. The molecule has 114 valence electrons. The van der Waals surface area contributed by atoms with E-state index >= 15 is 0 Å². The minimum atomic E-state index is -0.159. The molecule has 23 heavy (non-hydrogen) atoms. The van der Waals surface area contributed by atoms with E-state index in [1.54, 1.807) is 18.2 Å². The predicted octanol–water partition coefficient (Wildman–Crippen LogP) is 4.89. The number of fused-ring (bicyclic) bond motifs is 1. The molecule has 1 aromatic heterocycles. The second-order valence-corrected chi connectivity index (χ2v) is 5.01. The molecular weight excluding hydrogens is 288 g/mol. The van der Waals surface area contributed by atoms with Crippen LogP contribution in [0.1, 0.15) is 16.1 Å². The number of carbonyl (C=O) groups excluding carboxylic acids is 1. The van der Waals surface area contributed by atoms with E-state index in [4.69, 9.17) is 9.15 Å². The van der Waals surface area contributed by atoms with Crippen molar-refractivity contribution in [2.24, 2.45) is 0 Å². The second-order valence-electron chi connectivity index (χ2n) is 5.01. The van der Waals surface area contributed by atoms with Gasteiger partial charge in [0.15, 0.2) is 5.76 Å². The Labute approximate surface area is 134 Å². The van der Waals surface area contributed by atoms with Crippen LogP contribution in [0.2, 0.25) is 0 Å². The first-order valence-corrected chi connectivity index (χ1v) is 7.31. The van der Waals surface area contributed by atoms with Gasteiger partial charge in [-0.1, -0.05) is 49.1 Å². The average molecular weight is 304 g/mol. The highest BCUT2D eigenvalue weighted by molar-refractivity contribution is 6.06. The molecule has 0 spiro atoms. The summed E-state index contributed by atoms with van der Waals surface area (Å²) in [5.41, 5.74) is 1.63. The van der Waals surface area contributed by atoms with Gasteiger partial charge in [-0.3, -0.25) is 4.79 Å². The molecule has 0 radical (unpaired) electrons. The van der Waals surface area contributed by atoms with E-state index in [1.165, 1.54) is 6.08 Å². The van der Waals surface area contributed by atoms with Gasteiger partial charge in [0, 0.05) is 5.39 Å². The van der Waals surface area contributed by atoms with E-state index in [2.05, 4.69) is 6.58 Å². The number of benzene rings is 2. The largest absolute Gasteiger partial charge is 0.490 e. The molecule has 0 atom stereocenters. The van der Waals surface area contributed by atoms with Crippen molar-refractivity contribution in [3.8, 4) is 5.75 Å². The van der Waals surface area contributed by atoms with E-state index in [0.717, 1.165) is 16.7 Å². The molecule has 3 heteroatoms. The van der Waals surface area contributed by atoms with Crippen molar-refractivity contribution < 1.29 is 13.9 Å². The van der Waals surface area contributed by atoms with Crippen LogP contribution in [0.5, 0.6) is 5.75 Å². The first kappa shape index (κ1) is 14.9. The van der Waals surface area contributed by atoms with Gasteiger partial charge in [0.25, 0.3) is 0 Å². The van der Waals surface area contributed by atoms with Crippen molar-refractivity contribution in [1.82, 2.24) is 0 Å². The Kier molecular flexibility index (Phi) is 4.39. The molecule has 0 saturated heterocycles. The molecule has 0 aliphatic heterocycles. The maximum Gasteiger partial charge on any atom is 0.221 e. The zero-order valence-corrected chi connectivity index (χ0v) is 12.6. The van der Waals surface area contributed by atoms with Crippen LogP contribution in [0.15, 0.2) is 77.7 Å². The lowest BCUT2D eigenvalue weighted by atomic mass is 10.1. The van der Waals surface area contributed by atoms with Gasteiger partial charge in [-0.05, 0) is 35.9 Å². The van der Waals surface area contributed by atoms with Crippen LogP contribution < -0.4 is 4.74 Å². The van der Waals surface area contributed by atoms with Gasteiger partial charge in [-0.2, -0.15) is 0 Å². The third kappa shape index (κ3) is 3.58. The minimum absolute atomic E-state index is 0.159. The van der Waals surface area contributed by atoms with E-state index < -0.39 is 0 Å². The highest BCUT2D eigenvalue weighted by atomic mass is 16.5. The van der Waals surface area contributed by atoms with Crippen molar-refractivity contribution in [2.45, 2.75) is 0 Å². The fourth-order valence-corrected chi connectivity index (χ4v) is 2.19. The molecular formula is C20H16O3. The maximum atomic E-state index is 12.2. The molecule has 0 unspecified atom stereocenters. The Morgan fingerprint density at radius 2 is 1.91 bits per heavy atom. The van der Waals surface area contributed by atoms with Crippen molar-refractivity contribution >= 4 is 22.8 Å². The second kappa shape index (κ2) is 6.79. The third-order valence-electron chi connectivity index (χ3n) is 3.34. The summed E-state index contributed by atoms with van der Waals surface area (Å²) in [6.45, 7) is 4.08. The SMILES string of the molecule is C=CCOc1ccc(C=CC(=O)c2cc3ccccc3o2)cc1. The molecule has 0 aliphatic rings. The first-order chi connectivity index (χ1) is 11.3. The molecule has 0 fully saturated rings. The van der Waals surface area contributed by atoms with Gasteiger partial charge in [0.1, 0.15) is 17.9 Å². The smallest absolute Gasteiger partial charge is 0.221 e. The molecule has 0 N–H and O–H groups in total. The number of ether oxygens (including phenoxy) is 1. The molecule has 2 aromatic carbocycles. The third-order valence-corrected chi connectivity index (χ3v) is 3.34. The Morgan fingerprint density at radius 3 is 2.65 bits per heavy atom. The van der Waals surface area contributed by atoms with E-state index in [-0.39, 0.29) is 5.78 Å². The lowest BCUT2D eigenvalue weighted by Gasteiger charge is -2.02. The van der Waals surface area contributed by atoms with Crippen molar-refractivity contribution in [1.29, 1.82) is 0 Å². The Morgan fingerprint density at radius 1 is 1.13 bits per heavy atom. The fourth-order valence-electron chi connectivity index (χ4n) is 2.19. The van der Waals surface area contributed by atoms with Crippen LogP contribution in [0, 0.1) is 0 Å². The fraction of sp³-hybridized carbons (Fsp3) is 0.0500. The van der Waals surface area contributed by atoms with Gasteiger partial charge in [-0.25, -0.2) is 0 Å². The predicted molar refractivity (Wildman–Crippen MR) is 91.7 cm³/mol. The highest BCUT2D eigenvalue weighted by Gasteiger charge is 2.08. The summed E-state index contributed by atoms with van der Waals surface area (Å²) in [4.78, 5) is 12.2. The normalized spacial score (nSPS) is 11.0. The van der Waals surface area contributed by atoms with Gasteiger partial charge in [-0.15, -0.1) is 0 Å². The van der Waals surface area contributed by atoms with Crippen LogP contribution in [0.4, 0.5) is 0 Å². The highest BCUT2D eigenvalue weighted by Crippen LogP contribution is 2.20. The quantitative estimate of drug-likeness (QED) is 0.369. The van der Waals surface area contributed by atoms with Crippen molar-refractivity contribution in [3.05, 3.63) is 84.7 Å². The molecule has 3 rings (SSSR count). The summed E-state index contributed by atoms with van der Waals surface area (Å²) >= 11 is 0. The molecule has 1 heterocycles. The minimum Gasteiger partial charge on any atom is -0.490 e. The summed E-state index contributed by atoms with van der Waals surface area (Å²) in [5.74, 6) is 0.951. The molecule has 0 saturated carbocycles. The monoisotopic (exact) mass is 304 g/mol. The number of furan rings is 1. The lowest BCUT2D eigenvalue weighted by molar-refractivity contribution is 0.102. The van der Waals surface area contributed by atoms with E-state index in [1.807, 2.05) is 48.5 Å². The number of allylic oxidation sites excluding steroid dienone is 1. The molecule has 0 amide bonds. The average Bonchev–Trinajstić information content (AvgIpc) is 3.03. The van der Waals surface area contributed by atoms with Gasteiger partial charge >= 0.3 is 0 Å². The Balaban J connectivity index is 1.71. The number of carbonyl (C=O) groups is 1. The van der Waals surface area contributed by atoms with Gasteiger partial charge < -0.3 is 9.15 Å². The topological polar surface area (TPSA) is 39.4 Å². The Bertz CT molecular complexity index is 821. The zero-order chi connectivity index (χ0) is 16.1. The maximum absolute atomic E-state index is 12.2. The summed E-state index contributed by atoms with van der Waals surface area (Å²) in [6, 6.07) is 16.8. The Hall–Kier alpha value is -3.07. The van der Waals surface area contributed by atoms with Gasteiger partial charge in [0.05, 0.1) is 0 Å². The number of rotatable bonds is 6. The standard InChI is InChI=1S/C20H16O3/c1-2-13-22-17-10-7-15(8-11-17)9-12-18(21)20-14-16-5-3-4-6-19(16)23-20/h2-12,14H,1,13H2. The number of para-hydroxylation sites is 1. The van der Waals surface area contributed by atoms with Crippen molar-refractivity contribution in [2.75, 3.05) is 6.61 Å². The summed E-state index contributed by atoms with van der Waals surface area (Å²) in [7, 11) is 0. The van der Waals surface area contributed by atoms with E-state index in [0.29, 0.717) is 18.0 Å². The number of hydrogen-bond donors (Lipinski definition) is 0. The summed E-state index contributed by atoms with van der Waals surface area (Å²) in [6.07, 6.45) is 4.96. The molecule has 3 aromatic rings. The number of hydrogen-bond acceptors (Lipinski definition) is 3. The van der Waals surface area contributed by atoms with Crippen molar-refractivity contribution in [3.63, 3.8) is 0 Å². The van der Waals surface area contributed by atoms with Crippen LogP contribution in [-0.2, 0) is 0 Å². The zero-order valence-electron chi connectivity index (χ0n) is 12.6. The summed E-state index contributed by atoms with van der Waals surface area (Å²) < 4.78 is 11.0. The van der Waals surface area contributed by atoms with E-state index in [9.17, 15) is 4.79 Å².